The second-order valence-electron chi connectivity index (χ2n) is 7.65. The third-order valence-corrected chi connectivity index (χ3v) is 7.10. The minimum absolute atomic E-state index is 0.0495. The first-order valence-corrected chi connectivity index (χ1v) is 11.7. The lowest BCUT2D eigenvalue weighted by atomic mass is 9.99. The molecule has 1 heterocycles. The standard InChI is InChI=1S/C22H25F3N2O5S/c1-31-18-7-9-20(10-8-18)33(29,30)27-11-3-5-17(14-27)21(28)26-13-16-4-2-6-19(12-16)32-15-22(23,24)25/h2,4,6-10,12,17H,3,5,11,13-15H2,1H3,(H,26,28). The average molecular weight is 487 g/mol. The molecule has 11 heteroatoms. The van der Waals surface area contributed by atoms with Crippen molar-refractivity contribution >= 4 is 15.9 Å². The zero-order chi connectivity index (χ0) is 24.1. The quantitative estimate of drug-likeness (QED) is 0.619. The minimum atomic E-state index is -4.44. The van der Waals surface area contributed by atoms with E-state index in [0.717, 1.165) is 0 Å². The van der Waals surface area contributed by atoms with Gasteiger partial charge in [0, 0.05) is 19.6 Å². The molecule has 7 nitrogen and oxygen atoms in total. The van der Waals surface area contributed by atoms with Gasteiger partial charge in [-0.15, -0.1) is 0 Å². The summed E-state index contributed by atoms with van der Waals surface area (Å²) in [5.74, 6) is -0.256. The topological polar surface area (TPSA) is 84.9 Å². The van der Waals surface area contributed by atoms with Gasteiger partial charge in [-0.25, -0.2) is 8.42 Å². The summed E-state index contributed by atoms with van der Waals surface area (Å²) in [6.07, 6.45) is -3.37. The van der Waals surface area contributed by atoms with Crippen LogP contribution in [0.2, 0.25) is 0 Å². The van der Waals surface area contributed by atoms with Crippen molar-refractivity contribution < 1.29 is 35.9 Å². The molecular formula is C22H25F3N2O5S. The molecule has 33 heavy (non-hydrogen) atoms. The van der Waals surface area contributed by atoms with E-state index >= 15 is 0 Å². The summed E-state index contributed by atoms with van der Waals surface area (Å²) >= 11 is 0. The molecule has 1 atom stereocenters. The van der Waals surface area contributed by atoms with Gasteiger partial charge in [0.05, 0.1) is 17.9 Å². The molecule has 0 aliphatic carbocycles. The van der Waals surface area contributed by atoms with Gasteiger partial charge in [-0.1, -0.05) is 12.1 Å². The predicted molar refractivity (Wildman–Crippen MR) is 114 cm³/mol. The number of amides is 1. The van der Waals surface area contributed by atoms with E-state index in [-0.39, 0.29) is 29.6 Å². The van der Waals surface area contributed by atoms with Crippen molar-refractivity contribution in [2.75, 3.05) is 26.8 Å². The average Bonchev–Trinajstić information content (AvgIpc) is 2.81. The Morgan fingerprint density at radius 1 is 1.15 bits per heavy atom. The van der Waals surface area contributed by atoms with Gasteiger partial charge in [0.25, 0.3) is 0 Å². The van der Waals surface area contributed by atoms with Gasteiger partial charge < -0.3 is 14.8 Å². The molecule has 0 saturated carbocycles. The van der Waals surface area contributed by atoms with Crippen LogP contribution in [0.5, 0.6) is 11.5 Å². The zero-order valence-corrected chi connectivity index (χ0v) is 18.8. The molecule has 1 unspecified atom stereocenters. The monoisotopic (exact) mass is 486 g/mol. The van der Waals surface area contributed by atoms with Crippen molar-refractivity contribution in [3.8, 4) is 11.5 Å². The molecule has 2 aromatic carbocycles. The number of hydrogen-bond donors (Lipinski definition) is 1. The lowest BCUT2D eigenvalue weighted by Gasteiger charge is -2.31. The lowest BCUT2D eigenvalue weighted by Crippen LogP contribution is -2.45. The summed E-state index contributed by atoms with van der Waals surface area (Å²) < 4.78 is 74.0. The minimum Gasteiger partial charge on any atom is -0.497 e. The maximum absolute atomic E-state index is 13.0. The van der Waals surface area contributed by atoms with E-state index in [0.29, 0.717) is 30.7 Å². The second kappa shape index (κ2) is 10.4. The van der Waals surface area contributed by atoms with E-state index in [1.54, 1.807) is 18.2 Å². The third-order valence-electron chi connectivity index (χ3n) is 5.22. The summed E-state index contributed by atoms with van der Waals surface area (Å²) in [5, 5.41) is 2.74. The Morgan fingerprint density at radius 3 is 2.55 bits per heavy atom. The first kappa shape index (κ1) is 24.8. The molecule has 0 spiro atoms. The Labute approximate surface area is 190 Å². The van der Waals surface area contributed by atoms with Gasteiger partial charge in [0.1, 0.15) is 11.5 Å². The number of carbonyl (C=O) groups excluding carboxylic acids is 1. The molecule has 1 amide bonds. The normalized spacial score (nSPS) is 17.4. The Balaban J connectivity index is 1.58. The van der Waals surface area contributed by atoms with E-state index in [1.165, 1.54) is 41.7 Å². The first-order valence-electron chi connectivity index (χ1n) is 10.3. The van der Waals surface area contributed by atoms with Crippen LogP contribution >= 0.6 is 0 Å². The van der Waals surface area contributed by atoms with Gasteiger partial charge in [0.2, 0.25) is 15.9 Å². The number of halogens is 3. The number of carbonyl (C=O) groups is 1. The van der Waals surface area contributed by atoms with Crippen LogP contribution in [-0.2, 0) is 21.4 Å². The van der Waals surface area contributed by atoms with E-state index in [2.05, 4.69) is 5.32 Å². The summed E-state index contributed by atoms with van der Waals surface area (Å²) in [6, 6.07) is 12.1. The smallest absolute Gasteiger partial charge is 0.422 e. The Hall–Kier alpha value is -2.79. The molecule has 180 valence electrons. The molecule has 1 fully saturated rings. The van der Waals surface area contributed by atoms with Crippen molar-refractivity contribution in [1.29, 1.82) is 0 Å². The third kappa shape index (κ3) is 6.84. The molecule has 1 saturated heterocycles. The zero-order valence-electron chi connectivity index (χ0n) is 18.0. The number of methoxy groups -OCH3 is 1. The van der Waals surface area contributed by atoms with Crippen LogP contribution in [0.1, 0.15) is 18.4 Å². The molecule has 0 bridgehead atoms. The van der Waals surface area contributed by atoms with Gasteiger partial charge in [-0.2, -0.15) is 17.5 Å². The van der Waals surface area contributed by atoms with E-state index < -0.39 is 28.7 Å². The SMILES string of the molecule is COc1ccc(S(=O)(=O)N2CCCC(C(=O)NCc3cccc(OCC(F)(F)F)c3)C2)cc1. The summed E-state index contributed by atoms with van der Waals surface area (Å²) in [6.45, 7) is -0.946. The van der Waals surface area contributed by atoms with Crippen LogP contribution in [0.25, 0.3) is 0 Å². The van der Waals surface area contributed by atoms with Gasteiger partial charge >= 0.3 is 6.18 Å². The Bertz CT molecular complexity index is 1060. The van der Waals surface area contributed by atoms with Crippen LogP contribution in [0.15, 0.2) is 53.4 Å². The van der Waals surface area contributed by atoms with Gasteiger partial charge in [0.15, 0.2) is 6.61 Å². The van der Waals surface area contributed by atoms with Gasteiger partial charge in [-0.05, 0) is 54.8 Å². The number of nitrogens with one attached hydrogen (secondary N) is 1. The number of nitrogens with zero attached hydrogens (tertiary/aromatic N) is 1. The number of benzene rings is 2. The van der Waals surface area contributed by atoms with E-state index in [1.807, 2.05) is 0 Å². The van der Waals surface area contributed by atoms with Crippen molar-refractivity contribution in [2.24, 2.45) is 5.92 Å². The fraction of sp³-hybridized carbons (Fsp3) is 0.409. The lowest BCUT2D eigenvalue weighted by molar-refractivity contribution is -0.153. The predicted octanol–water partition coefficient (Wildman–Crippen LogP) is 3.35. The molecule has 3 rings (SSSR count). The summed E-state index contributed by atoms with van der Waals surface area (Å²) in [7, 11) is -2.27. The number of alkyl halides is 3. The molecule has 1 N–H and O–H groups in total. The molecule has 2 aromatic rings. The molecule has 0 aromatic heterocycles. The van der Waals surface area contributed by atoms with Crippen LogP contribution < -0.4 is 14.8 Å². The maximum atomic E-state index is 13.0. The van der Waals surface area contributed by atoms with Crippen LogP contribution in [-0.4, -0.2) is 51.6 Å². The highest BCUT2D eigenvalue weighted by Gasteiger charge is 2.33. The van der Waals surface area contributed by atoms with Crippen LogP contribution in [0.3, 0.4) is 0 Å². The summed E-state index contributed by atoms with van der Waals surface area (Å²) in [5.41, 5.74) is 0.571. The highest BCUT2D eigenvalue weighted by atomic mass is 32.2. The molecule has 0 radical (unpaired) electrons. The summed E-state index contributed by atoms with van der Waals surface area (Å²) in [4.78, 5) is 12.8. The largest absolute Gasteiger partial charge is 0.497 e. The molecule has 1 aliphatic rings. The molecular weight excluding hydrogens is 461 g/mol. The fourth-order valence-electron chi connectivity index (χ4n) is 3.52. The number of rotatable bonds is 8. The van der Waals surface area contributed by atoms with Crippen molar-refractivity contribution in [3.05, 3.63) is 54.1 Å². The van der Waals surface area contributed by atoms with Crippen molar-refractivity contribution in [1.82, 2.24) is 9.62 Å². The maximum Gasteiger partial charge on any atom is 0.422 e. The first-order chi connectivity index (χ1) is 15.6. The number of ether oxygens (including phenoxy) is 2. The van der Waals surface area contributed by atoms with E-state index in [9.17, 15) is 26.4 Å². The van der Waals surface area contributed by atoms with Crippen molar-refractivity contribution in [2.45, 2.75) is 30.5 Å². The highest BCUT2D eigenvalue weighted by molar-refractivity contribution is 7.89. The van der Waals surface area contributed by atoms with Gasteiger partial charge in [-0.3, -0.25) is 4.79 Å². The molecule has 1 aliphatic heterocycles. The van der Waals surface area contributed by atoms with Crippen molar-refractivity contribution in [3.63, 3.8) is 0 Å². The Morgan fingerprint density at radius 2 is 1.88 bits per heavy atom. The van der Waals surface area contributed by atoms with E-state index in [4.69, 9.17) is 9.47 Å². The number of piperidine rings is 1. The Kier molecular flexibility index (Phi) is 7.85. The second-order valence-corrected chi connectivity index (χ2v) is 9.58. The number of hydrogen-bond acceptors (Lipinski definition) is 5. The fourth-order valence-corrected chi connectivity index (χ4v) is 5.04. The number of sulfonamides is 1. The van der Waals surface area contributed by atoms with Crippen LogP contribution in [0.4, 0.5) is 13.2 Å². The van der Waals surface area contributed by atoms with Crippen LogP contribution in [0, 0.1) is 5.92 Å². The highest BCUT2D eigenvalue weighted by Crippen LogP contribution is 2.25.